The lowest BCUT2D eigenvalue weighted by Crippen LogP contribution is -2.23. The van der Waals surface area contributed by atoms with Crippen LogP contribution in [0.4, 0.5) is 11.5 Å². The Morgan fingerprint density at radius 1 is 1.11 bits per heavy atom. The number of nitrogens with one attached hydrogen (secondary N) is 1. The standard InChI is InChI=1S/C21H21N5OS/c1-15-4-3-5-16(12-15)24-20-18-13-17(6-7-19(18)22-14-23-20)26-9-8-25(21(26)27)10-11-28-2/h3-9,12-14H,10-11H2,1-2H3,(H,22,23,24). The van der Waals surface area contributed by atoms with Gasteiger partial charge in [-0.25, -0.2) is 14.8 Å². The fourth-order valence-corrected chi connectivity index (χ4v) is 3.50. The van der Waals surface area contributed by atoms with Crippen LogP contribution in [-0.2, 0) is 6.54 Å². The maximum atomic E-state index is 12.7. The Labute approximate surface area is 167 Å². The molecule has 0 amide bonds. The molecule has 0 unspecified atom stereocenters. The van der Waals surface area contributed by atoms with Gasteiger partial charge in [0.25, 0.3) is 0 Å². The smallest absolute Gasteiger partial charge is 0.332 e. The highest BCUT2D eigenvalue weighted by Crippen LogP contribution is 2.25. The van der Waals surface area contributed by atoms with Crippen LogP contribution < -0.4 is 11.0 Å². The van der Waals surface area contributed by atoms with Crippen molar-refractivity contribution in [2.24, 2.45) is 0 Å². The van der Waals surface area contributed by atoms with Crippen molar-refractivity contribution >= 4 is 34.2 Å². The summed E-state index contributed by atoms with van der Waals surface area (Å²) in [5.74, 6) is 1.62. The number of nitrogens with zero attached hydrogens (tertiary/aromatic N) is 4. The second kappa shape index (κ2) is 7.90. The number of benzene rings is 2. The predicted molar refractivity (Wildman–Crippen MR) is 116 cm³/mol. The van der Waals surface area contributed by atoms with Gasteiger partial charge in [-0.2, -0.15) is 11.8 Å². The van der Waals surface area contributed by atoms with E-state index in [1.54, 1.807) is 33.4 Å². The lowest BCUT2D eigenvalue weighted by atomic mass is 10.2. The second-order valence-electron chi connectivity index (χ2n) is 6.56. The fraction of sp³-hybridized carbons (Fsp3) is 0.190. The van der Waals surface area contributed by atoms with Crippen molar-refractivity contribution in [2.75, 3.05) is 17.3 Å². The second-order valence-corrected chi connectivity index (χ2v) is 7.54. The molecule has 7 heteroatoms. The predicted octanol–water partition coefficient (Wildman–Crippen LogP) is 4.00. The van der Waals surface area contributed by atoms with Crippen LogP contribution in [0, 0.1) is 6.92 Å². The Kier molecular flexibility index (Phi) is 5.16. The third kappa shape index (κ3) is 3.66. The number of anilines is 2. The van der Waals surface area contributed by atoms with Crippen LogP contribution in [0.1, 0.15) is 5.56 Å². The highest BCUT2D eigenvalue weighted by molar-refractivity contribution is 7.98. The molecule has 0 fully saturated rings. The number of rotatable bonds is 6. The van der Waals surface area contributed by atoms with E-state index in [0.29, 0.717) is 12.4 Å². The van der Waals surface area contributed by atoms with E-state index < -0.39 is 0 Å². The van der Waals surface area contributed by atoms with E-state index in [1.807, 2.05) is 42.8 Å². The minimum atomic E-state index is -0.0431. The van der Waals surface area contributed by atoms with Gasteiger partial charge >= 0.3 is 5.69 Å². The lowest BCUT2D eigenvalue weighted by molar-refractivity contribution is 0.721. The fourth-order valence-electron chi connectivity index (χ4n) is 3.12. The van der Waals surface area contributed by atoms with E-state index >= 15 is 0 Å². The Morgan fingerprint density at radius 3 is 2.82 bits per heavy atom. The van der Waals surface area contributed by atoms with Crippen LogP contribution in [0.25, 0.3) is 16.6 Å². The summed E-state index contributed by atoms with van der Waals surface area (Å²) < 4.78 is 3.39. The summed E-state index contributed by atoms with van der Waals surface area (Å²) in [6.07, 6.45) is 7.22. The normalized spacial score (nSPS) is 11.1. The molecular formula is C21H21N5OS. The van der Waals surface area contributed by atoms with E-state index in [0.717, 1.165) is 28.0 Å². The number of imidazole rings is 1. The molecule has 0 aliphatic rings. The summed E-state index contributed by atoms with van der Waals surface area (Å²) in [7, 11) is 0. The van der Waals surface area contributed by atoms with Gasteiger partial charge in [0, 0.05) is 35.8 Å². The average molecular weight is 392 g/mol. The third-order valence-electron chi connectivity index (χ3n) is 4.56. The van der Waals surface area contributed by atoms with Crippen LogP contribution >= 0.6 is 11.8 Å². The highest BCUT2D eigenvalue weighted by Gasteiger charge is 2.09. The summed E-state index contributed by atoms with van der Waals surface area (Å²) in [5, 5.41) is 4.23. The van der Waals surface area contributed by atoms with Gasteiger partial charge in [0.2, 0.25) is 0 Å². The number of hydrogen-bond acceptors (Lipinski definition) is 5. The summed E-state index contributed by atoms with van der Waals surface area (Å²) in [5.41, 5.74) is 3.71. The van der Waals surface area contributed by atoms with Gasteiger partial charge in [-0.05, 0) is 49.1 Å². The minimum absolute atomic E-state index is 0.0431. The van der Waals surface area contributed by atoms with Crippen LogP contribution in [0.3, 0.4) is 0 Å². The SMILES string of the molecule is CSCCn1ccn(-c2ccc3ncnc(Nc4cccc(C)c4)c3c2)c1=O. The molecule has 0 spiro atoms. The monoisotopic (exact) mass is 391 g/mol. The topological polar surface area (TPSA) is 64.7 Å². The summed E-state index contributed by atoms with van der Waals surface area (Å²) in [4.78, 5) is 21.5. The van der Waals surface area contributed by atoms with Crippen molar-refractivity contribution in [1.82, 2.24) is 19.1 Å². The maximum absolute atomic E-state index is 12.7. The number of thioether (sulfide) groups is 1. The number of hydrogen-bond donors (Lipinski definition) is 1. The van der Waals surface area contributed by atoms with Crippen molar-refractivity contribution in [3.05, 3.63) is 77.2 Å². The first kappa shape index (κ1) is 18.3. The molecule has 2 aromatic heterocycles. The van der Waals surface area contributed by atoms with Crippen LogP contribution in [0.15, 0.2) is 66.0 Å². The molecular weight excluding hydrogens is 370 g/mol. The zero-order chi connectivity index (χ0) is 19.5. The molecule has 0 aliphatic heterocycles. The molecule has 0 atom stereocenters. The van der Waals surface area contributed by atoms with E-state index in [4.69, 9.17) is 0 Å². The van der Waals surface area contributed by atoms with Gasteiger partial charge in [-0.3, -0.25) is 9.13 Å². The van der Waals surface area contributed by atoms with Crippen molar-refractivity contribution in [1.29, 1.82) is 0 Å². The number of aryl methyl sites for hydroxylation is 2. The van der Waals surface area contributed by atoms with Crippen LogP contribution in [0.5, 0.6) is 0 Å². The Balaban J connectivity index is 1.74. The van der Waals surface area contributed by atoms with Crippen LogP contribution in [-0.4, -0.2) is 31.1 Å². The molecule has 2 heterocycles. The van der Waals surface area contributed by atoms with Gasteiger partial charge < -0.3 is 5.32 Å². The molecule has 4 aromatic rings. The van der Waals surface area contributed by atoms with Crippen LogP contribution in [0.2, 0.25) is 0 Å². The van der Waals surface area contributed by atoms with E-state index in [-0.39, 0.29) is 5.69 Å². The maximum Gasteiger partial charge on any atom is 0.332 e. The summed E-state index contributed by atoms with van der Waals surface area (Å²) in [6.45, 7) is 2.75. The molecule has 1 N–H and O–H groups in total. The zero-order valence-electron chi connectivity index (χ0n) is 15.8. The number of fused-ring (bicyclic) bond motifs is 1. The molecule has 4 rings (SSSR count). The molecule has 0 bridgehead atoms. The molecule has 0 aliphatic carbocycles. The Bertz CT molecular complexity index is 1180. The molecule has 0 saturated carbocycles. The molecule has 2 aromatic carbocycles. The molecule has 142 valence electrons. The average Bonchev–Trinajstić information content (AvgIpc) is 3.07. The van der Waals surface area contributed by atoms with Gasteiger partial charge in [0.1, 0.15) is 12.1 Å². The first-order valence-electron chi connectivity index (χ1n) is 9.01. The van der Waals surface area contributed by atoms with Crippen molar-refractivity contribution in [3.63, 3.8) is 0 Å². The van der Waals surface area contributed by atoms with Crippen molar-refractivity contribution < 1.29 is 0 Å². The van der Waals surface area contributed by atoms with Gasteiger partial charge in [-0.1, -0.05) is 12.1 Å². The van der Waals surface area contributed by atoms with Crippen molar-refractivity contribution in [2.45, 2.75) is 13.5 Å². The largest absolute Gasteiger partial charge is 0.340 e. The first-order valence-corrected chi connectivity index (χ1v) is 10.4. The highest BCUT2D eigenvalue weighted by atomic mass is 32.2. The molecule has 0 radical (unpaired) electrons. The Hall–Kier alpha value is -3.06. The minimum Gasteiger partial charge on any atom is -0.340 e. The molecule has 0 saturated heterocycles. The van der Waals surface area contributed by atoms with Gasteiger partial charge in [0.05, 0.1) is 11.2 Å². The summed E-state index contributed by atoms with van der Waals surface area (Å²) in [6, 6.07) is 13.9. The quantitative estimate of drug-likeness (QED) is 0.538. The summed E-state index contributed by atoms with van der Waals surface area (Å²) >= 11 is 1.72. The molecule has 6 nitrogen and oxygen atoms in total. The molecule has 28 heavy (non-hydrogen) atoms. The Morgan fingerprint density at radius 2 is 2.00 bits per heavy atom. The van der Waals surface area contributed by atoms with E-state index in [9.17, 15) is 4.79 Å². The van der Waals surface area contributed by atoms with Crippen molar-refractivity contribution in [3.8, 4) is 5.69 Å². The van der Waals surface area contributed by atoms with Gasteiger partial charge in [-0.15, -0.1) is 0 Å². The van der Waals surface area contributed by atoms with E-state index in [1.165, 1.54) is 5.56 Å². The van der Waals surface area contributed by atoms with Gasteiger partial charge in [0.15, 0.2) is 0 Å². The first-order chi connectivity index (χ1) is 13.7. The lowest BCUT2D eigenvalue weighted by Gasteiger charge is -2.10. The number of aromatic nitrogens is 4. The third-order valence-corrected chi connectivity index (χ3v) is 5.15. The van der Waals surface area contributed by atoms with E-state index in [2.05, 4.69) is 34.3 Å². The zero-order valence-corrected chi connectivity index (χ0v) is 16.6.